The Morgan fingerprint density at radius 3 is 2.27 bits per heavy atom. The van der Waals surface area contributed by atoms with Gasteiger partial charge in [-0.3, -0.25) is 4.79 Å². The van der Waals surface area contributed by atoms with Crippen LogP contribution in [0.5, 0.6) is 0 Å². The summed E-state index contributed by atoms with van der Waals surface area (Å²) in [5, 5.41) is 4.71. The van der Waals surface area contributed by atoms with Gasteiger partial charge in [0.2, 0.25) is 0 Å². The largest absolute Gasteiger partial charge is 0.308 e. The highest BCUT2D eigenvalue weighted by Gasteiger charge is 2.13. The number of pyridine rings is 1. The van der Waals surface area contributed by atoms with Crippen molar-refractivity contribution in [3.05, 3.63) is 107 Å². The van der Waals surface area contributed by atoms with Crippen LogP contribution in [0.2, 0.25) is 0 Å². The van der Waals surface area contributed by atoms with Crippen LogP contribution in [0.4, 0.5) is 4.39 Å². The summed E-state index contributed by atoms with van der Waals surface area (Å²) in [5.74, 6) is -0.443. The maximum atomic E-state index is 13.6. The average Bonchev–Trinajstić information content (AvgIpc) is 3.10. The summed E-state index contributed by atoms with van der Waals surface area (Å²) in [5.41, 5.74) is 3.22. The fraction of sp³-hybridized carbons (Fsp3) is 0.0476. The number of benzene rings is 2. The van der Waals surface area contributed by atoms with E-state index in [1.54, 1.807) is 4.68 Å². The molecule has 0 aliphatic heterocycles. The van der Waals surface area contributed by atoms with Crippen LogP contribution in [0.15, 0.2) is 90.0 Å². The Morgan fingerprint density at radius 1 is 0.846 bits per heavy atom. The minimum Gasteiger partial charge on any atom is -0.308 e. The van der Waals surface area contributed by atoms with Gasteiger partial charge in [0.15, 0.2) is 0 Å². The third kappa shape index (κ3) is 3.19. The molecule has 0 fully saturated rings. The molecule has 0 saturated carbocycles. The van der Waals surface area contributed by atoms with E-state index in [0.29, 0.717) is 0 Å². The van der Waals surface area contributed by atoms with Crippen molar-refractivity contribution in [2.75, 3.05) is 0 Å². The van der Waals surface area contributed by atoms with Crippen LogP contribution in [-0.2, 0) is 6.54 Å². The molecule has 5 heteroatoms. The second kappa shape index (κ2) is 6.80. The van der Waals surface area contributed by atoms with Gasteiger partial charge in [-0.25, -0.2) is 9.07 Å². The topological polar surface area (TPSA) is 39.8 Å². The zero-order valence-electron chi connectivity index (χ0n) is 13.9. The predicted octanol–water partition coefficient (Wildman–Crippen LogP) is 3.89. The summed E-state index contributed by atoms with van der Waals surface area (Å²) in [7, 11) is 0. The normalized spacial score (nSPS) is 10.8. The van der Waals surface area contributed by atoms with Gasteiger partial charge in [-0.2, -0.15) is 5.10 Å². The number of hydrogen-bond donors (Lipinski definition) is 0. The highest BCUT2D eigenvalue weighted by molar-refractivity contribution is 5.63. The first kappa shape index (κ1) is 16.0. The lowest BCUT2D eigenvalue weighted by molar-refractivity contribution is 0.595. The molecule has 0 atom stereocenters. The van der Waals surface area contributed by atoms with Crippen molar-refractivity contribution in [1.29, 1.82) is 0 Å². The quantitative estimate of drug-likeness (QED) is 0.563. The van der Waals surface area contributed by atoms with E-state index >= 15 is 0 Å². The molecule has 0 spiro atoms. The molecule has 128 valence electrons. The maximum Gasteiger partial charge on any atom is 0.251 e. The Hall–Kier alpha value is -3.47. The summed E-state index contributed by atoms with van der Waals surface area (Å²) in [6, 6.07) is 21.9. The predicted molar refractivity (Wildman–Crippen MR) is 98.8 cm³/mol. The number of rotatable bonds is 4. The van der Waals surface area contributed by atoms with Crippen molar-refractivity contribution in [3.8, 4) is 16.9 Å². The SMILES string of the molecule is O=c1ccc(F)cn1Cc1cn(-c2ccccc2)nc1-c1ccccc1. The third-order valence-corrected chi connectivity index (χ3v) is 4.15. The Bertz CT molecular complexity index is 1090. The van der Waals surface area contributed by atoms with Gasteiger partial charge in [-0.1, -0.05) is 48.5 Å². The molecule has 0 aliphatic carbocycles. The van der Waals surface area contributed by atoms with E-state index in [1.165, 1.54) is 22.9 Å². The monoisotopic (exact) mass is 345 g/mol. The van der Waals surface area contributed by atoms with E-state index in [9.17, 15) is 9.18 Å². The second-order valence-corrected chi connectivity index (χ2v) is 5.96. The second-order valence-electron chi connectivity index (χ2n) is 5.96. The highest BCUT2D eigenvalue weighted by Crippen LogP contribution is 2.24. The maximum absolute atomic E-state index is 13.6. The fourth-order valence-corrected chi connectivity index (χ4v) is 2.89. The van der Waals surface area contributed by atoms with Gasteiger partial charge in [0.1, 0.15) is 5.82 Å². The van der Waals surface area contributed by atoms with Crippen LogP contribution < -0.4 is 5.56 Å². The molecule has 0 radical (unpaired) electrons. The molecule has 0 bridgehead atoms. The van der Waals surface area contributed by atoms with Gasteiger partial charge in [0, 0.05) is 29.6 Å². The smallest absolute Gasteiger partial charge is 0.251 e. The number of halogens is 1. The van der Waals surface area contributed by atoms with Gasteiger partial charge in [0.05, 0.1) is 17.9 Å². The Balaban J connectivity index is 1.83. The van der Waals surface area contributed by atoms with Crippen molar-refractivity contribution in [2.24, 2.45) is 0 Å². The van der Waals surface area contributed by atoms with Crippen LogP contribution in [0, 0.1) is 5.82 Å². The molecule has 0 amide bonds. The molecule has 4 rings (SSSR count). The summed E-state index contributed by atoms with van der Waals surface area (Å²) in [4.78, 5) is 12.1. The summed E-state index contributed by atoms with van der Waals surface area (Å²) in [6.45, 7) is 0.244. The molecule has 0 saturated heterocycles. The Morgan fingerprint density at radius 2 is 1.54 bits per heavy atom. The molecule has 2 aromatic carbocycles. The summed E-state index contributed by atoms with van der Waals surface area (Å²) >= 11 is 0. The van der Waals surface area contributed by atoms with E-state index in [-0.39, 0.29) is 12.1 Å². The Kier molecular flexibility index (Phi) is 4.19. The van der Waals surface area contributed by atoms with E-state index in [0.717, 1.165) is 22.5 Å². The fourth-order valence-electron chi connectivity index (χ4n) is 2.89. The molecule has 26 heavy (non-hydrogen) atoms. The van der Waals surface area contributed by atoms with Crippen LogP contribution in [0.25, 0.3) is 16.9 Å². The van der Waals surface area contributed by atoms with Gasteiger partial charge < -0.3 is 4.57 Å². The lowest BCUT2D eigenvalue weighted by atomic mass is 10.1. The third-order valence-electron chi connectivity index (χ3n) is 4.15. The van der Waals surface area contributed by atoms with Gasteiger partial charge in [0.25, 0.3) is 5.56 Å². The van der Waals surface area contributed by atoms with Crippen molar-refractivity contribution in [2.45, 2.75) is 6.54 Å². The standard InChI is InChI=1S/C21H16FN3O/c22-18-11-12-20(26)24(15-18)13-17-14-25(19-9-5-2-6-10-19)23-21(17)16-7-3-1-4-8-16/h1-12,14-15H,13H2. The Labute approximate surface area is 149 Å². The average molecular weight is 345 g/mol. The molecule has 2 aromatic heterocycles. The molecule has 4 nitrogen and oxygen atoms in total. The van der Waals surface area contributed by atoms with Crippen LogP contribution >= 0.6 is 0 Å². The van der Waals surface area contributed by atoms with Gasteiger partial charge in [-0.15, -0.1) is 0 Å². The van der Waals surface area contributed by atoms with Gasteiger partial charge in [-0.05, 0) is 18.2 Å². The van der Waals surface area contributed by atoms with Crippen LogP contribution in [0.1, 0.15) is 5.56 Å². The van der Waals surface area contributed by atoms with E-state index in [2.05, 4.69) is 0 Å². The molecule has 0 aliphatic rings. The van der Waals surface area contributed by atoms with Crippen molar-refractivity contribution >= 4 is 0 Å². The van der Waals surface area contributed by atoms with Crippen LogP contribution in [-0.4, -0.2) is 14.3 Å². The lowest BCUT2D eigenvalue weighted by Crippen LogP contribution is -2.19. The molecule has 4 aromatic rings. The first-order valence-electron chi connectivity index (χ1n) is 8.26. The summed E-state index contributed by atoms with van der Waals surface area (Å²) < 4.78 is 16.7. The number of nitrogens with zero attached hydrogens (tertiary/aromatic N) is 3. The molecular weight excluding hydrogens is 329 g/mol. The summed E-state index contributed by atoms with van der Waals surface area (Å²) in [6.07, 6.45) is 3.10. The van der Waals surface area contributed by atoms with Crippen molar-refractivity contribution < 1.29 is 4.39 Å². The van der Waals surface area contributed by atoms with E-state index in [4.69, 9.17) is 5.10 Å². The first-order valence-corrected chi connectivity index (χ1v) is 8.26. The molecule has 0 N–H and O–H groups in total. The number of hydrogen-bond acceptors (Lipinski definition) is 2. The zero-order valence-corrected chi connectivity index (χ0v) is 13.9. The minimum atomic E-state index is -0.443. The number of aromatic nitrogens is 3. The van der Waals surface area contributed by atoms with Crippen molar-refractivity contribution in [1.82, 2.24) is 14.3 Å². The first-order chi connectivity index (χ1) is 12.7. The van der Waals surface area contributed by atoms with Crippen molar-refractivity contribution in [3.63, 3.8) is 0 Å². The lowest BCUT2D eigenvalue weighted by Gasteiger charge is -2.06. The molecule has 2 heterocycles. The van der Waals surface area contributed by atoms with E-state index < -0.39 is 5.82 Å². The highest BCUT2D eigenvalue weighted by atomic mass is 19.1. The molecule has 0 unspecified atom stereocenters. The minimum absolute atomic E-state index is 0.244. The van der Waals surface area contributed by atoms with Gasteiger partial charge >= 0.3 is 0 Å². The molecular formula is C21H16FN3O. The van der Waals surface area contributed by atoms with Crippen LogP contribution in [0.3, 0.4) is 0 Å². The number of para-hydroxylation sites is 1. The zero-order chi connectivity index (χ0) is 17.9. The van der Waals surface area contributed by atoms with E-state index in [1.807, 2.05) is 66.9 Å².